The molecule has 1 N–H and O–H groups in total. The number of para-hydroxylation sites is 1. The number of rotatable bonds is 3. The molecule has 0 amide bonds. The lowest BCUT2D eigenvalue weighted by atomic mass is 10.0. The molecular weight excluding hydrogens is 346 g/mol. The summed E-state index contributed by atoms with van der Waals surface area (Å²) in [5.74, 6) is -0.214. The van der Waals surface area contributed by atoms with Crippen molar-refractivity contribution >= 4 is 16.9 Å². The highest BCUT2D eigenvalue weighted by Gasteiger charge is 2.28. The van der Waals surface area contributed by atoms with Crippen LogP contribution >= 0.6 is 0 Å². The Hall–Kier alpha value is -2.60. The number of hydrogen-bond acceptors (Lipinski definition) is 4. The van der Waals surface area contributed by atoms with Crippen LogP contribution in [0.3, 0.4) is 0 Å². The molecular formula is C21H22F2N4. The maximum absolute atomic E-state index is 14.5. The highest BCUT2D eigenvalue weighted by atomic mass is 19.1. The van der Waals surface area contributed by atoms with Crippen molar-refractivity contribution in [2.45, 2.75) is 19.9 Å². The largest absolute Gasteiger partial charge is 0.335 e. The number of anilines is 1. The van der Waals surface area contributed by atoms with E-state index < -0.39 is 11.6 Å². The zero-order valence-electron chi connectivity index (χ0n) is 15.4. The van der Waals surface area contributed by atoms with Gasteiger partial charge in [-0.3, -0.25) is 0 Å². The lowest BCUT2D eigenvalue weighted by Gasteiger charge is -2.38. The summed E-state index contributed by atoms with van der Waals surface area (Å²) in [5.41, 5.74) is 1.53. The molecule has 0 saturated carbocycles. The summed E-state index contributed by atoms with van der Waals surface area (Å²) in [6.45, 7) is 6.83. The van der Waals surface area contributed by atoms with Gasteiger partial charge >= 0.3 is 0 Å². The number of fused-ring (bicyclic) bond motifs is 1. The van der Waals surface area contributed by atoms with Crippen LogP contribution in [0.2, 0.25) is 0 Å². The van der Waals surface area contributed by atoms with Gasteiger partial charge in [0, 0.05) is 42.7 Å². The molecule has 4 rings (SSSR count). The van der Waals surface area contributed by atoms with Crippen molar-refractivity contribution in [2.24, 2.45) is 5.92 Å². The molecule has 1 fully saturated rings. The molecule has 0 aliphatic carbocycles. The Morgan fingerprint density at radius 1 is 1.11 bits per heavy atom. The van der Waals surface area contributed by atoms with E-state index in [4.69, 9.17) is 9.97 Å². The van der Waals surface area contributed by atoms with Crippen LogP contribution in [0.25, 0.3) is 22.2 Å². The van der Waals surface area contributed by atoms with Gasteiger partial charge < -0.3 is 10.2 Å². The highest BCUT2D eigenvalue weighted by molar-refractivity contribution is 5.93. The van der Waals surface area contributed by atoms with Gasteiger partial charge in [0.1, 0.15) is 11.6 Å². The Morgan fingerprint density at radius 2 is 1.93 bits per heavy atom. The van der Waals surface area contributed by atoms with Crippen molar-refractivity contribution in [3.05, 3.63) is 54.1 Å². The standard InChI is InChI=1S/C21H22F2N4/c1-13(2)19-12-24-9-10-27(19)21-25-18-6-4-3-5-16(18)20(26-21)15-8-7-14(22)11-17(15)23/h3-8,11,13,19,24H,9-10,12H2,1-2H3/t19-/m1/s1. The van der Waals surface area contributed by atoms with Gasteiger partial charge in [-0.15, -0.1) is 0 Å². The van der Waals surface area contributed by atoms with E-state index in [0.717, 1.165) is 36.6 Å². The molecule has 1 aliphatic rings. The molecule has 2 heterocycles. The summed E-state index contributed by atoms with van der Waals surface area (Å²) in [6.07, 6.45) is 0. The number of benzene rings is 2. The highest BCUT2D eigenvalue weighted by Crippen LogP contribution is 2.31. The first-order chi connectivity index (χ1) is 13.0. The summed E-state index contributed by atoms with van der Waals surface area (Å²) in [7, 11) is 0. The van der Waals surface area contributed by atoms with Crippen molar-refractivity contribution in [2.75, 3.05) is 24.5 Å². The molecule has 1 atom stereocenters. The Balaban J connectivity index is 1.91. The number of hydrogen-bond donors (Lipinski definition) is 1. The third-order valence-corrected chi connectivity index (χ3v) is 5.09. The second-order valence-electron chi connectivity index (χ2n) is 7.22. The van der Waals surface area contributed by atoms with Gasteiger partial charge in [0.25, 0.3) is 0 Å². The van der Waals surface area contributed by atoms with E-state index in [9.17, 15) is 8.78 Å². The van der Waals surface area contributed by atoms with Crippen molar-refractivity contribution in [1.82, 2.24) is 15.3 Å². The van der Waals surface area contributed by atoms with Crippen LogP contribution < -0.4 is 10.2 Å². The Bertz CT molecular complexity index is 974. The lowest BCUT2D eigenvalue weighted by molar-refractivity contribution is 0.386. The first-order valence-electron chi connectivity index (χ1n) is 9.24. The number of aromatic nitrogens is 2. The van der Waals surface area contributed by atoms with E-state index in [2.05, 4.69) is 24.1 Å². The van der Waals surface area contributed by atoms with Gasteiger partial charge in [0.05, 0.1) is 11.2 Å². The van der Waals surface area contributed by atoms with E-state index in [0.29, 0.717) is 17.6 Å². The fourth-order valence-corrected chi connectivity index (χ4v) is 3.65. The van der Waals surface area contributed by atoms with E-state index in [1.165, 1.54) is 12.1 Å². The third kappa shape index (κ3) is 3.37. The SMILES string of the molecule is CC(C)[C@H]1CNCCN1c1nc(-c2ccc(F)cc2F)c2ccccc2n1. The zero-order chi connectivity index (χ0) is 19.0. The molecule has 0 spiro atoms. The van der Waals surface area contributed by atoms with E-state index in [1.54, 1.807) is 0 Å². The Morgan fingerprint density at radius 3 is 2.70 bits per heavy atom. The van der Waals surface area contributed by atoms with Gasteiger partial charge in [-0.25, -0.2) is 18.7 Å². The molecule has 0 bridgehead atoms. The predicted octanol–water partition coefficient (Wildman–Crippen LogP) is 4.01. The van der Waals surface area contributed by atoms with Gasteiger partial charge in [-0.1, -0.05) is 32.0 Å². The molecule has 1 saturated heterocycles. The van der Waals surface area contributed by atoms with Crippen LogP contribution in [-0.4, -0.2) is 35.6 Å². The number of piperazine rings is 1. The number of halogens is 2. The molecule has 0 unspecified atom stereocenters. The summed E-state index contributed by atoms with van der Waals surface area (Å²) >= 11 is 0. The maximum Gasteiger partial charge on any atom is 0.226 e. The second-order valence-corrected chi connectivity index (χ2v) is 7.22. The minimum absolute atomic E-state index is 0.255. The lowest BCUT2D eigenvalue weighted by Crippen LogP contribution is -2.54. The third-order valence-electron chi connectivity index (χ3n) is 5.09. The first kappa shape index (κ1) is 17.8. The number of nitrogens with zero attached hydrogens (tertiary/aromatic N) is 3. The molecule has 0 radical (unpaired) electrons. The number of nitrogens with one attached hydrogen (secondary N) is 1. The van der Waals surface area contributed by atoms with E-state index in [-0.39, 0.29) is 11.6 Å². The molecule has 2 aromatic carbocycles. The minimum Gasteiger partial charge on any atom is -0.335 e. The van der Waals surface area contributed by atoms with Crippen LogP contribution in [0.15, 0.2) is 42.5 Å². The Kier molecular flexibility index (Phi) is 4.74. The van der Waals surface area contributed by atoms with Crippen LogP contribution in [-0.2, 0) is 0 Å². The quantitative estimate of drug-likeness (QED) is 0.758. The van der Waals surface area contributed by atoms with Crippen molar-refractivity contribution < 1.29 is 8.78 Å². The smallest absolute Gasteiger partial charge is 0.226 e. The average Bonchev–Trinajstić information content (AvgIpc) is 2.67. The molecule has 4 nitrogen and oxygen atoms in total. The molecule has 140 valence electrons. The maximum atomic E-state index is 14.5. The molecule has 1 aliphatic heterocycles. The molecule has 6 heteroatoms. The normalized spacial score (nSPS) is 17.7. The summed E-state index contributed by atoms with van der Waals surface area (Å²) in [4.78, 5) is 11.7. The van der Waals surface area contributed by atoms with Crippen molar-refractivity contribution in [1.29, 1.82) is 0 Å². The second kappa shape index (κ2) is 7.19. The van der Waals surface area contributed by atoms with E-state index >= 15 is 0 Å². The van der Waals surface area contributed by atoms with Crippen LogP contribution in [0.4, 0.5) is 14.7 Å². The molecule has 3 aromatic rings. The predicted molar refractivity (Wildman–Crippen MR) is 104 cm³/mol. The summed E-state index contributed by atoms with van der Waals surface area (Å²) in [5, 5.41) is 4.17. The van der Waals surface area contributed by atoms with Gasteiger partial charge in [0.15, 0.2) is 0 Å². The summed E-state index contributed by atoms with van der Waals surface area (Å²) in [6, 6.07) is 11.4. The van der Waals surface area contributed by atoms with Gasteiger partial charge in [-0.2, -0.15) is 0 Å². The minimum atomic E-state index is -0.620. The first-order valence-corrected chi connectivity index (χ1v) is 9.24. The molecule has 1 aromatic heterocycles. The monoisotopic (exact) mass is 368 g/mol. The van der Waals surface area contributed by atoms with Crippen molar-refractivity contribution in [3.8, 4) is 11.3 Å². The van der Waals surface area contributed by atoms with Crippen LogP contribution in [0, 0.1) is 17.6 Å². The fourth-order valence-electron chi connectivity index (χ4n) is 3.65. The van der Waals surface area contributed by atoms with Crippen molar-refractivity contribution in [3.63, 3.8) is 0 Å². The summed E-state index contributed by atoms with van der Waals surface area (Å²) < 4.78 is 27.9. The van der Waals surface area contributed by atoms with Gasteiger partial charge in [0.2, 0.25) is 5.95 Å². The molecule has 27 heavy (non-hydrogen) atoms. The Labute approximate surface area is 157 Å². The topological polar surface area (TPSA) is 41.0 Å². The van der Waals surface area contributed by atoms with Gasteiger partial charge in [-0.05, 0) is 24.1 Å². The van der Waals surface area contributed by atoms with Crippen LogP contribution in [0.5, 0.6) is 0 Å². The zero-order valence-corrected chi connectivity index (χ0v) is 15.4. The van der Waals surface area contributed by atoms with E-state index in [1.807, 2.05) is 24.3 Å². The van der Waals surface area contributed by atoms with Crippen LogP contribution in [0.1, 0.15) is 13.8 Å². The average molecular weight is 368 g/mol. The fraction of sp³-hybridized carbons (Fsp3) is 0.333.